The van der Waals surface area contributed by atoms with Crippen LogP contribution >= 0.6 is 0 Å². The minimum absolute atomic E-state index is 0.0595. The summed E-state index contributed by atoms with van der Waals surface area (Å²) in [7, 11) is 0. The topological polar surface area (TPSA) is 72.2 Å². The molecule has 106 valence electrons. The molecular weight excluding hydrogens is 256 g/mol. The van der Waals surface area contributed by atoms with Gasteiger partial charge in [-0.3, -0.25) is 4.79 Å². The van der Waals surface area contributed by atoms with E-state index in [2.05, 4.69) is 12.0 Å². The van der Waals surface area contributed by atoms with Crippen LogP contribution in [0.1, 0.15) is 43.1 Å². The summed E-state index contributed by atoms with van der Waals surface area (Å²) < 4.78 is 1.28. The first-order chi connectivity index (χ1) is 9.65. The lowest BCUT2D eigenvalue weighted by Gasteiger charge is -2.08. The Kier molecular flexibility index (Phi) is 4.50. The zero-order valence-electron chi connectivity index (χ0n) is 11.5. The molecule has 1 heterocycles. The van der Waals surface area contributed by atoms with Gasteiger partial charge in [-0.25, -0.2) is 9.48 Å². The van der Waals surface area contributed by atoms with E-state index in [4.69, 9.17) is 0 Å². The maximum atomic E-state index is 12.3. The van der Waals surface area contributed by atoms with Crippen LogP contribution in [0, 0.1) is 0 Å². The van der Waals surface area contributed by atoms with Crippen molar-refractivity contribution < 1.29 is 9.90 Å². The molecule has 5 nitrogen and oxygen atoms in total. The van der Waals surface area contributed by atoms with E-state index in [0.717, 1.165) is 25.7 Å². The van der Waals surface area contributed by atoms with Crippen LogP contribution in [-0.2, 0) is 6.54 Å². The molecule has 0 radical (unpaired) electrons. The van der Waals surface area contributed by atoms with Gasteiger partial charge in [0.05, 0.1) is 5.39 Å². The molecule has 1 N–H and O–H groups in total. The normalized spacial score (nSPS) is 10.8. The van der Waals surface area contributed by atoms with Crippen molar-refractivity contribution >= 4 is 16.7 Å². The molecule has 1 aromatic carbocycles. The van der Waals surface area contributed by atoms with Gasteiger partial charge in [0.1, 0.15) is 0 Å². The van der Waals surface area contributed by atoms with Crippen molar-refractivity contribution in [3.8, 4) is 0 Å². The van der Waals surface area contributed by atoms with E-state index in [9.17, 15) is 14.7 Å². The molecule has 0 aliphatic carbocycles. The fourth-order valence-corrected chi connectivity index (χ4v) is 2.23. The number of fused-ring (bicyclic) bond motifs is 1. The van der Waals surface area contributed by atoms with E-state index < -0.39 is 5.97 Å². The summed E-state index contributed by atoms with van der Waals surface area (Å²) in [6, 6.07) is 6.71. The summed E-state index contributed by atoms with van der Waals surface area (Å²) in [5.41, 5.74) is -0.280. The number of rotatable bonds is 6. The average Bonchev–Trinajstić information content (AvgIpc) is 2.45. The second kappa shape index (κ2) is 6.32. The van der Waals surface area contributed by atoms with Gasteiger partial charge in [0.2, 0.25) is 0 Å². The number of nitrogens with zero attached hydrogens (tertiary/aromatic N) is 2. The molecule has 5 heteroatoms. The van der Waals surface area contributed by atoms with Gasteiger partial charge >= 0.3 is 5.97 Å². The average molecular weight is 274 g/mol. The maximum absolute atomic E-state index is 12.3. The van der Waals surface area contributed by atoms with Gasteiger partial charge in [-0.15, -0.1) is 0 Å². The number of unbranched alkanes of at least 4 members (excludes halogenated alkanes) is 3. The Bertz CT molecular complexity index is 676. The monoisotopic (exact) mass is 274 g/mol. The van der Waals surface area contributed by atoms with E-state index in [1.54, 1.807) is 24.3 Å². The Morgan fingerprint density at radius 3 is 2.55 bits per heavy atom. The van der Waals surface area contributed by atoms with Gasteiger partial charge in [-0.05, 0) is 12.5 Å². The van der Waals surface area contributed by atoms with Gasteiger partial charge in [-0.2, -0.15) is 5.10 Å². The van der Waals surface area contributed by atoms with Gasteiger partial charge in [0.15, 0.2) is 5.69 Å². The van der Waals surface area contributed by atoms with Crippen LogP contribution in [0.15, 0.2) is 29.1 Å². The number of carbonyl (C=O) groups is 1. The van der Waals surface area contributed by atoms with Crippen molar-refractivity contribution in [1.29, 1.82) is 0 Å². The van der Waals surface area contributed by atoms with Gasteiger partial charge in [0, 0.05) is 11.9 Å². The Morgan fingerprint density at radius 2 is 1.90 bits per heavy atom. The van der Waals surface area contributed by atoms with E-state index in [1.165, 1.54) is 4.68 Å². The smallest absolute Gasteiger partial charge is 0.357 e. The molecule has 0 aliphatic rings. The Morgan fingerprint density at radius 1 is 1.20 bits per heavy atom. The van der Waals surface area contributed by atoms with Gasteiger partial charge in [0.25, 0.3) is 5.56 Å². The first-order valence-corrected chi connectivity index (χ1v) is 6.88. The lowest BCUT2D eigenvalue weighted by Crippen LogP contribution is -2.26. The number of aromatic carboxylic acids is 1. The fourth-order valence-electron chi connectivity index (χ4n) is 2.23. The Hall–Kier alpha value is -2.17. The third-order valence-corrected chi connectivity index (χ3v) is 3.29. The molecule has 0 aliphatic heterocycles. The van der Waals surface area contributed by atoms with Crippen LogP contribution in [-0.4, -0.2) is 20.9 Å². The highest BCUT2D eigenvalue weighted by atomic mass is 16.4. The van der Waals surface area contributed by atoms with E-state index >= 15 is 0 Å². The number of carboxylic acids is 1. The molecule has 0 unspecified atom stereocenters. The number of hydrogen-bond acceptors (Lipinski definition) is 3. The summed E-state index contributed by atoms with van der Waals surface area (Å²) in [6.07, 6.45) is 4.06. The third kappa shape index (κ3) is 2.87. The zero-order chi connectivity index (χ0) is 14.5. The van der Waals surface area contributed by atoms with Crippen molar-refractivity contribution in [3.05, 3.63) is 40.3 Å². The fraction of sp³-hybridized carbons (Fsp3) is 0.400. The highest BCUT2D eigenvalue weighted by Gasteiger charge is 2.15. The minimum Gasteiger partial charge on any atom is -0.476 e. The minimum atomic E-state index is -1.11. The standard InChI is InChI=1S/C15H18N2O3/c1-2-3-4-7-10-17-14(18)12-9-6-5-8-11(12)13(16-17)15(19)20/h5-6,8-9H,2-4,7,10H2,1H3,(H,19,20). The van der Waals surface area contributed by atoms with Crippen molar-refractivity contribution in [3.63, 3.8) is 0 Å². The first kappa shape index (κ1) is 14.2. The summed E-state index contributed by atoms with van der Waals surface area (Å²) in [5, 5.41) is 14.0. The van der Waals surface area contributed by atoms with Crippen LogP contribution in [0.5, 0.6) is 0 Å². The van der Waals surface area contributed by atoms with Crippen molar-refractivity contribution in [2.45, 2.75) is 39.2 Å². The molecule has 20 heavy (non-hydrogen) atoms. The maximum Gasteiger partial charge on any atom is 0.357 e. The number of hydrogen-bond donors (Lipinski definition) is 1. The SMILES string of the molecule is CCCCCCn1nc(C(=O)O)c2ccccc2c1=O. The van der Waals surface area contributed by atoms with Crippen molar-refractivity contribution in [1.82, 2.24) is 9.78 Å². The van der Waals surface area contributed by atoms with Crippen LogP contribution in [0.25, 0.3) is 10.8 Å². The molecule has 0 saturated heterocycles. The van der Waals surface area contributed by atoms with Crippen LogP contribution in [0.4, 0.5) is 0 Å². The van der Waals surface area contributed by atoms with E-state index in [0.29, 0.717) is 17.3 Å². The summed E-state index contributed by atoms with van der Waals surface area (Å²) in [4.78, 5) is 23.6. The molecule has 0 amide bonds. The molecule has 0 fully saturated rings. The highest BCUT2D eigenvalue weighted by molar-refractivity contribution is 6.01. The highest BCUT2D eigenvalue weighted by Crippen LogP contribution is 2.13. The first-order valence-electron chi connectivity index (χ1n) is 6.88. The molecule has 2 aromatic rings. The third-order valence-electron chi connectivity index (χ3n) is 3.29. The lowest BCUT2D eigenvalue weighted by atomic mass is 10.1. The van der Waals surface area contributed by atoms with Crippen molar-refractivity contribution in [2.75, 3.05) is 0 Å². The molecule has 2 rings (SSSR count). The molecular formula is C15H18N2O3. The molecule has 0 bridgehead atoms. The predicted molar refractivity (Wildman–Crippen MR) is 77.1 cm³/mol. The molecule has 0 atom stereocenters. The summed E-state index contributed by atoms with van der Waals surface area (Å²) >= 11 is 0. The second-order valence-electron chi connectivity index (χ2n) is 4.79. The number of benzene rings is 1. The summed E-state index contributed by atoms with van der Waals surface area (Å²) in [5.74, 6) is -1.11. The lowest BCUT2D eigenvalue weighted by molar-refractivity contribution is 0.0690. The van der Waals surface area contributed by atoms with Gasteiger partial charge in [-0.1, -0.05) is 44.4 Å². The van der Waals surface area contributed by atoms with Crippen LogP contribution in [0.3, 0.4) is 0 Å². The van der Waals surface area contributed by atoms with Crippen molar-refractivity contribution in [2.24, 2.45) is 0 Å². The van der Waals surface area contributed by atoms with E-state index in [-0.39, 0.29) is 11.3 Å². The number of carboxylic acid groups (broad SMARTS) is 1. The quantitative estimate of drug-likeness (QED) is 0.822. The number of aryl methyl sites for hydroxylation is 1. The molecule has 1 aromatic heterocycles. The Balaban J connectivity index is 2.42. The van der Waals surface area contributed by atoms with Crippen LogP contribution in [0.2, 0.25) is 0 Å². The second-order valence-corrected chi connectivity index (χ2v) is 4.79. The zero-order valence-corrected chi connectivity index (χ0v) is 11.5. The predicted octanol–water partition coefficient (Wildman–Crippen LogP) is 2.68. The molecule has 0 spiro atoms. The van der Waals surface area contributed by atoms with Gasteiger partial charge < -0.3 is 5.11 Å². The van der Waals surface area contributed by atoms with E-state index in [1.807, 2.05) is 0 Å². The number of aromatic nitrogens is 2. The molecule has 0 saturated carbocycles. The Labute approximate surface area is 116 Å². The largest absolute Gasteiger partial charge is 0.476 e. The summed E-state index contributed by atoms with van der Waals surface area (Å²) in [6.45, 7) is 2.58. The van der Waals surface area contributed by atoms with Crippen LogP contribution < -0.4 is 5.56 Å².